The lowest BCUT2D eigenvalue weighted by molar-refractivity contribution is -0.115. The fourth-order valence-corrected chi connectivity index (χ4v) is 4.15. The average molecular weight is 432 g/mol. The summed E-state index contributed by atoms with van der Waals surface area (Å²) in [6.07, 6.45) is -0.136. The zero-order valence-electron chi connectivity index (χ0n) is 17.5. The molecule has 5 rings (SSSR count). The molecule has 4 atom stereocenters. The van der Waals surface area contributed by atoms with E-state index in [1.165, 1.54) is 6.33 Å². The molecule has 0 saturated carbocycles. The van der Waals surface area contributed by atoms with Crippen molar-refractivity contribution in [3.63, 3.8) is 0 Å². The van der Waals surface area contributed by atoms with Crippen LogP contribution in [0.1, 0.15) is 13.2 Å². The third-order valence-electron chi connectivity index (χ3n) is 5.95. The summed E-state index contributed by atoms with van der Waals surface area (Å²) in [4.78, 5) is 8.96. The predicted octanol–water partition coefficient (Wildman–Crippen LogP) is 2.84. The van der Waals surface area contributed by atoms with Crippen molar-refractivity contribution in [3.05, 3.63) is 73.2 Å². The van der Waals surface area contributed by atoms with Gasteiger partial charge in [0.2, 0.25) is 0 Å². The van der Waals surface area contributed by atoms with Crippen LogP contribution in [0, 0.1) is 0 Å². The van der Waals surface area contributed by atoms with Gasteiger partial charge < -0.3 is 29.9 Å². The number of benzene rings is 2. The van der Waals surface area contributed by atoms with Crippen LogP contribution in [0.2, 0.25) is 0 Å². The molecule has 1 aliphatic heterocycles. The topological polar surface area (TPSA) is 113 Å². The van der Waals surface area contributed by atoms with Crippen molar-refractivity contribution >= 4 is 22.5 Å². The molecule has 0 unspecified atom stereocenters. The molecule has 1 aliphatic rings. The molecular weight excluding hydrogens is 408 g/mol. The highest BCUT2D eigenvalue weighted by atomic mass is 16.6. The van der Waals surface area contributed by atoms with E-state index in [0.717, 1.165) is 22.2 Å². The van der Waals surface area contributed by atoms with Crippen LogP contribution in [0.4, 0.5) is 11.5 Å². The highest BCUT2D eigenvalue weighted by Gasteiger charge is 2.52. The molecule has 1 saturated heterocycles. The summed E-state index contributed by atoms with van der Waals surface area (Å²) in [5.74, 6) is 0.608. The lowest BCUT2D eigenvalue weighted by atomic mass is 9.99. The van der Waals surface area contributed by atoms with Crippen molar-refractivity contribution in [3.8, 4) is 11.1 Å². The normalized spacial score (nSPS) is 25.3. The molecule has 32 heavy (non-hydrogen) atoms. The predicted molar refractivity (Wildman–Crippen MR) is 120 cm³/mol. The number of fused-ring (bicyclic) bond motifs is 1. The Kier molecular flexibility index (Phi) is 5.15. The van der Waals surface area contributed by atoms with E-state index >= 15 is 0 Å². The van der Waals surface area contributed by atoms with E-state index in [4.69, 9.17) is 4.74 Å². The molecule has 2 aromatic heterocycles. The van der Waals surface area contributed by atoms with E-state index in [-0.39, 0.29) is 0 Å². The fourth-order valence-electron chi connectivity index (χ4n) is 4.15. The van der Waals surface area contributed by atoms with E-state index in [1.807, 2.05) is 66.9 Å². The maximum atomic E-state index is 10.8. The van der Waals surface area contributed by atoms with Gasteiger partial charge in [-0.1, -0.05) is 48.5 Å². The number of aliphatic hydroxyl groups is 3. The standard InChI is InChI=1S/C24H24N4O4/c1-24(13-29)20(31)19(30)23(32-24)28-12-17(15-8-4-2-5-9-15)18-21(25-14-26-22(18)28)27-16-10-6-3-7-11-16/h2-12,14,19-20,23,29-31H,13H2,1H3,(H,25,26,27)/t19-,20+,23-,24-/m1/s1. The minimum Gasteiger partial charge on any atom is -0.393 e. The highest BCUT2D eigenvalue weighted by Crippen LogP contribution is 2.42. The van der Waals surface area contributed by atoms with Crippen LogP contribution in [0.3, 0.4) is 0 Å². The van der Waals surface area contributed by atoms with Gasteiger partial charge in [-0.15, -0.1) is 0 Å². The van der Waals surface area contributed by atoms with E-state index in [2.05, 4.69) is 15.3 Å². The summed E-state index contributed by atoms with van der Waals surface area (Å²) < 4.78 is 7.66. The first-order valence-corrected chi connectivity index (χ1v) is 10.4. The zero-order valence-corrected chi connectivity index (χ0v) is 17.5. The minimum atomic E-state index is -1.29. The van der Waals surface area contributed by atoms with Crippen molar-refractivity contribution in [2.24, 2.45) is 0 Å². The van der Waals surface area contributed by atoms with Gasteiger partial charge >= 0.3 is 0 Å². The number of nitrogens with one attached hydrogen (secondary N) is 1. The largest absolute Gasteiger partial charge is 0.393 e. The first kappa shape index (κ1) is 20.6. The molecule has 164 valence electrons. The average Bonchev–Trinajstić information content (AvgIpc) is 3.33. The third-order valence-corrected chi connectivity index (χ3v) is 5.95. The van der Waals surface area contributed by atoms with Crippen molar-refractivity contribution in [1.29, 1.82) is 0 Å². The number of ether oxygens (including phenoxy) is 1. The molecule has 0 spiro atoms. The number of rotatable bonds is 5. The second kappa shape index (κ2) is 7.99. The minimum absolute atomic E-state index is 0.428. The molecule has 0 radical (unpaired) electrons. The smallest absolute Gasteiger partial charge is 0.164 e. The summed E-state index contributed by atoms with van der Waals surface area (Å²) in [5, 5.41) is 35.1. The second-order valence-electron chi connectivity index (χ2n) is 8.14. The van der Waals surface area contributed by atoms with Crippen LogP contribution < -0.4 is 5.32 Å². The van der Waals surface area contributed by atoms with Crippen LogP contribution >= 0.6 is 0 Å². The van der Waals surface area contributed by atoms with Gasteiger partial charge in [0.1, 0.15) is 35.6 Å². The van der Waals surface area contributed by atoms with Gasteiger partial charge in [-0.2, -0.15) is 0 Å². The number of para-hydroxylation sites is 1. The van der Waals surface area contributed by atoms with E-state index in [9.17, 15) is 15.3 Å². The lowest BCUT2D eigenvalue weighted by Crippen LogP contribution is -2.43. The van der Waals surface area contributed by atoms with Gasteiger partial charge in [-0.25, -0.2) is 9.97 Å². The lowest BCUT2D eigenvalue weighted by Gasteiger charge is -2.24. The number of aliphatic hydroxyl groups excluding tert-OH is 3. The van der Waals surface area contributed by atoms with Gasteiger partial charge in [-0.05, 0) is 24.6 Å². The molecule has 8 heteroatoms. The maximum Gasteiger partial charge on any atom is 0.164 e. The summed E-state index contributed by atoms with van der Waals surface area (Å²) >= 11 is 0. The SMILES string of the molecule is C[C@]1(CO)O[C@@H](n2cc(-c3ccccc3)c3c(Nc4ccccc4)ncnc32)[C@H](O)[C@@H]1O. The first-order valence-electron chi connectivity index (χ1n) is 10.4. The van der Waals surface area contributed by atoms with Crippen molar-refractivity contribution in [2.45, 2.75) is 31.0 Å². The van der Waals surface area contributed by atoms with Crippen LogP contribution in [0.15, 0.2) is 73.2 Å². The molecule has 1 fully saturated rings. The number of nitrogens with zero attached hydrogens (tertiary/aromatic N) is 3. The third kappa shape index (κ3) is 3.34. The van der Waals surface area contributed by atoms with Gasteiger partial charge in [0, 0.05) is 17.4 Å². The summed E-state index contributed by atoms with van der Waals surface area (Å²) in [6.45, 7) is 1.14. The summed E-state index contributed by atoms with van der Waals surface area (Å²) in [7, 11) is 0. The van der Waals surface area contributed by atoms with Gasteiger partial charge in [-0.3, -0.25) is 0 Å². The molecule has 0 aliphatic carbocycles. The molecule has 0 bridgehead atoms. The van der Waals surface area contributed by atoms with Crippen LogP contribution in [-0.4, -0.2) is 54.3 Å². The molecule has 4 aromatic rings. The molecular formula is C24H24N4O4. The molecule has 8 nitrogen and oxygen atoms in total. The number of aromatic nitrogens is 3. The fraction of sp³-hybridized carbons (Fsp3) is 0.250. The monoisotopic (exact) mass is 432 g/mol. The Labute approximate surface area is 184 Å². The zero-order chi connectivity index (χ0) is 22.3. The van der Waals surface area contributed by atoms with Crippen molar-refractivity contribution in [1.82, 2.24) is 14.5 Å². The summed E-state index contributed by atoms with van der Waals surface area (Å²) in [6, 6.07) is 19.5. The van der Waals surface area contributed by atoms with E-state index < -0.39 is 30.6 Å². The molecule has 2 aromatic carbocycles. The van der Waals surface area contributed by atoms with E-state index in [1.54, 1.807) is 11.5 Å². The van der Waals surface area contributed by atoms with Gasteiger partial charge in [0.15, 0.2) is 6.23 Å². The second-order valence-corrected chi connectivity index (χ2v) is 8.14. The van der Waals surface area contributed by atoms with E-state index in [0.29, 0.717) is 11.5 Å². The Bertz CT molecular complexity index is 1230. The summed E-state index contributed by atoms with van der Waals surface area (Å²) in [5.41, 5.74) is 1.92. The number of hydrogen-bond donors (Lipinski definition) is 4. The Morgan fingerprint density at radius 3 is 2.38 bits per heavy atom. The van der Waals surface area contributed by atoms with Crippen molar-refractivity contribution < 1.29 is 20.1 Å². The molecule has 4 N–H and O–H groups in total. The number of hydrogen-bond acceptors (Lipinski definition) is 7. The highest BCUT2D eigenvalue weighted by molar-refractivity contribution is 6.02. The van der Waals surface area contributed by atoms with Crippen LogP contribution in [-0.2, 0) is 4.74 Å². The van der Waals surface area contributed by atoms with Crippen molar-refractivity contribution in [2.75, 3.05) is 11.9 Å². The molecule has 0 amide bonds. The van der Waals surface area contributed by atoms with Crippen LogP contribution in [0.5, 0.6) is 0 Å². The quantitative estimate of drug-likeness (QED) is 0.384. The Morgan fingerprint density at radius 1 is 1.03 bits per heavy atom. The Hall–Kier alpha value is -3.30. The Balaban J connectivity index is 1.70. The van der Waals surface area contributed by atoms with Gasteiger partial charge in [0.05, 0.1) is 12.0 Å². The maximum absolute atomic E-state index is 10.8. The Morgan fingerprint density at radius 2 is 1.72 bits per heavy atom. The number of anilines is 2. The van der Waals surface area contributed by atoms with Crippen LogP contribution in [0.25, 0.3) is 22.2 Å². The molecule has 3 heterocycles. The first-order chi connectivity index (χ1) is 15.5. The van der Waals surface area contributed by atoms with Gasteiger partial charge in [0.25, 0.3) is 0 Å².